The number of nitrogens with one attached hydrogen (secondary N) is 1. The zero-order valence-electron chi connectivity index (χ0n) is 11.1. The Morgan fingerprint density at radius 1 is 1.12 bits per heavy atom. The van der Waals surface area contributed by atoms with Crippen LogP contribution in [0.1, 0.15) is 27.7 Å². The van der Waals surface area contributed by atoms with Crippen molar-refractivity contribution in [2.75, 3.05) is 11.9 Å². The maximum atomic E-state index is 9.67. The standard InChI is InChI=1S/C14H23NO2/c1-10(2)14(16)9-15-12-5-7-13(8-6-12)17-11(3)4/h5-8,10-11,14-16H,9H2,1-4H3. The van der Waals surface area contributed by atoms with E-state index in [1.54, 1.807) is 0 Å². The number of aliphatic hydroxyl groups is 1. The molecule has 0 aliphatic carbocycles. The van der Waals surface area contributed by atoms with E-state index in [2.05, 4.69) is 5.32 Å². The number of benzene rings is 1. The van der Waals surface area contributed by atoms with E-state index in [9.17, 15) is 5.11 Å². The number of hydrogen-bond acceptors (Lipinski definition) is 3. The topological polar surface area (TPSA) is 41.5 Å². The highest BCUT2D eigenvalue weighted by Crippen LogP contribution is 2.17. The van der Waals surface area contributed by atoms with Gasteiger partial charge in [0.2, 0.25) is 0 Å². The molecule has 0 heterocycles. The Hall–Kier alpha value is -1.22. The van der Waals surface area contributed by atoms with Gasteiger partial charge in [-0.1, -0.05) is 13.8 Å². The lowest BCUT2D eigenvalue weighted by Gasteiger charge is -2.16. The quantitative estimate of drug-likeness (QED) is 0.799. The molecule has 96 valence electrons. The van der Waals surface area contributed by atoms with Crippen LogP contribution in [0.25, 0.3) is 0 Å². The van der Waals surface area contributed by atoms with Gasteiger partial charge in [-0.25, -0.2) is 0 Å². The van der Waals surface area contributed by atoms with Gasteiger partial charge in [-0.3, -0.25) is 0 Å². The largest absolute Gasteiger partial charge is 0.491 e. The molecule has 0 aliphatic rings. The molecule has 1 rings (SSSR count). The Morgan fingerprint density at radius 3 is 2.18 bits per heavy atom. The van der Waals surface area contributed by atoms with Crippen LogP contribution >= 0.6 is 0 Å². The molecule has 0 saturated carbocycles. The minimum atomic E-state index is -0.318. The molecule has 1 aromatic rings. The molecular formula is C14H23NO2. The molecule has 0 aromatic heterocycles. The summed E-state index contributed by atoms with van der Waals surface area (Å²) in [5, 5.41) is 12.9. The van der Waals surface area contributed by atoms with Gasteiger partial charge in [-0.05, 0) is 44.0 Å². The second kappa shape index (κ2) is 6.50. The van der Waals surface area contributed by atoms with E-state index in [1.807, 2.05) is 52.0 Å². The minimum Gasteiger partial charge on any atom is -0.491 e. The highest BCUT2D eigenvalue weighted by molar-refractivity contribution is 5.46. The van der Waals surface area contributed by atoms with Gasteiger partial charge in [0.15, 0.2) is 0 Å². The second-order valence-electron chi connectivity index (χ2n) is 4.88. The molecule has 0 amide bonds. The van der Waals surface area contributed by atoms with Crippen LogP contribution in [-0.2, 0) is 0 Å². The maximum Gasteiger partial charge on any atom is 0.119 e. The normalized spacial score (nSPS) is 12.9. The smallest absolute Gasteiger partial charge is 0.119 e. The summed E-state index contributed by atoms with van der Waals surface area (Å²) in [6.45, 7) is 8.59. The van der Waals surface area contributed by atoms with E-state index in [4.69, 9.17) is 4.74 Å². The van der Waals surface area contributed by atoms with Crippen LogP contribution in [0.5, 0.6) is 5.75 Å². The summed E-state index contributed by atoms with van der Waals surface area (Å²) in [6.07, 6.45) is -0.127. The fourth-order valence-corrected chi connectivity index (χ4v) is 1.38. The van der Waals surface area contributed by atoms with Crippen molar-refractivity contribution in [1.82, 2.24) is 0 Å². The van der Waals surface area contributed by atoms with Crippen molar-refractivity contribution >= 4 is 5.69 Å². The van der Waals surface area contributed by atoms with E-state index >= 15 is 0 Å². The molecule has 0 spiro atoms. The molecule has 0 aliphatic heterocycles. The third kappa shape index (κ3) is 5.09. The summed E-state index contributed by atoms with van der Waals surface area (Å²) in [5.41, 5.74) is 1.00. The fourth-order valence-electron chi connectivity index (χ4n) is 1.38. The van der Waals surface area contributed by atoms with Crippen LogP contribution in [-0.4, -0.2) is 23.9 Å². The van der Waals surface area contributed by atoms with E-state index in [0.29, 0.717) is 6.54 Å². The van der Waals surface area contributed by atoms with Gasteiger partial charge in [-0.15, -0.1) is 0 Å². The molecule has 1 aromatic carbocycles. The van der Waals surface area contributed by atoms with Crippen LogP contribution in [0, 0.1) is 5.92 Å². The van der Waals surface area contributed by atoms with E-state index in [-0.39, 0.29) is 18.1 Å². The van der Waals surface area contributed by atoms with Crippen LogP contribution < -0.4 is 10.1 Å². The summed E-state index contributed by atoms with van der Waals surface area (Å²) in [6, 6.07) is 7.80. The van der Waals surface area contributed by atoms with Gasteiger partial charge in [0.05, 0.1) is 12.2 Å². The highest BCUT2D eigenvalue weighted by Gasteiger charge is 2.08. The van der Waals surface area contributed by atoms with Crippen molar-refractivity contribution in [2.45, 2.75) is 39.9 Å². The van der Waals surface area contributed by atoms with Gasteiger partial charge in [0.25, 0.3) is 0 Å². The Balaban J connectivity index is 2.45. The molecular weight excluding hydrogens is 214 g/mol. The average Bonchev–Trinajstić information content (AvgIpc) is 2.26. The molecule has 0 saturated heterocycles. The molecule has 0 radical (unpaired) electrons. The predicted octanol–water partition coefficient (Wildman–Crippen LogP) is 2.90. The minimum absolute atomic E-state index is 0.191. The summed E-state index contributed by atoms with van der Waals surface area (Å²) >= 11 is 0. The second-order valence-corrected chi connectivity index (χ2v) is 4.88. The van der Waals surface area contributed by atoms with E-state index < -0.39 is 0 Å². The SMILES string of the molecule is CC(C)Oc1ccc(NCC(O)C(C)C)cc1. The van der Waals surface area contributed by atoms with Crippen molar-refractivity contribution in [3.05, 3.63) is 24.3 Å². The molecule has 1 unspecified atom stereocenters. The monoisotopic (exact) mass is 237 g/mol. The first kappa shape index (κ1) is 13.8. The van der Waals surface area contributed by atoms with Gasteiger partial charge < -0.3 is 15.2 Å². The summed E-state index contributed by atoms with van der Waals surface area (Å²) in [5.74, 6) is 1.14. The predicted molar refractivity (Wildman–Crippen MR) is 71.5 cm³/mol. The molecule has 0 bridgehead atoms. The Bertz CT molecular complexity index is 319. The van der Waals surface area contributed by atoms with Crippen LogP contribution in [0.2, 0.25) is 0 Å². The molecule has 1 atom stereocenters. The third-order valence-corrected chi connectivity index (χ3v) is 2.51. The molecule has 17 heavy (non-hydrogen) atoms. The Labute approximate surface area is 104 Å². The fraction of sp³-hybridized carbons (Fsp3) is 0.571. The van der Waals surface area contributed by atoms with Crippen molar-refractivity contribution in [3.8, 4) is 5.75 Å². The molecule has 3 heteroatoms. The first-order valence-corrected chi connectivity index (χ1v) is 6.17. The zero-order valence-corrected chi connectivity index (χ0v) is 11.1. The first-order valence-electron chi connectivity index (χ1n) is 6.17. The van der Waals surface area contributed by atoms with Gasteiger partial charge in [0.1, 0.15) is 5.75 Å². The lowest BCUT2D eigenvalue weighted by atomic mass is 10.1. The number of aliphatic hydroxyl groups excluding tert-OH is 1. The Kier molecular flexibility index (Phi) is 5.29. The molecule has 0 fully saturated rings. The lowest BCUT2D eigenvalue weighted by Crippen LogP contribution is -2.24. The first-order chi connectivity index (χ1) is 7.99. The number of hydrogen-bond donors (Lipinski definition) is 2. The summed E-state index contributed by atoms with van der Waals surface area (Å²) in [7, 11) is 0. The van der Waals surface area contributed by atoms with Crippen molar-refractivity contribution < 1.29 is 9.84 Å². The maximum absolute atomic E-state index is 9.67. The Morgan fingerprint density at radius 2 is 1.71 bits per heavy atom. The lowest BCUT2D eigenvalue weighted by molar-refractivity contribution is 0.138. The molecule has 2 N–H and O–H groups in total. The van der Waals surface area contributed by atoms with Crippen LogP contribution in [0.3, 0.4) is 0 Å². The van der Waals surface area contributed by atoms with Crippen molar-refractivity contribution in [1.29, 1.82) is 0 Å². The number of rotatable bonds is 6. The number of anilines is 1. The van der Waals surface area contributed by atoms with Gasteiger partial charge in [-0.2, -0.15) is 0 Å². The van der Waals surface area contributed by atoms with Crippen LogP contribution in [0.15, 0.2) is 24.3 Å². The van der Waals surface area contributed by atoms with E-state index in [1.165, 1.54) is 0 Å². The summed E-state index contributed by atoms with van der Waals surface area (Å²) < 4.78 is 5.56. The average molecular weight is 237 g/mol. The zero-order chi connectivity index (χ0) is 12.8. The number of ether oxygens (including phenoxy) is 1. The van der Waals surface area contributed by atoms with E-state index in [0.717, 1.165) is 11.4 Å². The summed E-state index contributed by atoms with van der Waals surface area (Å²) in [4.78, 5) is 0. The van der Waals surface area contributed by atoms with Crippen LogP contribution in [0.4, 0.5) is 5.69 Å². The molecule has 3 nitrogen and oxygen atoms in total. The van der Waals surface area contributed by atoms with Gasteiger partial charge >= 0.3 is 0 Å². The van der Waals surface area contributed by atoms with Crippen molar-refractivity contribution in [3.63, 3.8) is 0 Å². The third-order valence-electron chi connectivity index (χ3n) is 2.51. The van der Waals surface area contributed by atoms with Crippen molar-refractivity contribution in [2.24, 2.45) is 5.92 Å². The highest BCUT2D eigenvalue weighted by atomic mass is 16.5. The van der Waals surface area contributed by atoms with Gasteiger partial charge in [0, 0.05) is 12.2 Å².